The van der Waals surface area contributed by atoms with Crippen LogP contribution in [0.5, 0.6) is 0 Å². The first-order chi connectivity index (χ1) is 11.0. The Balaban J connectivity index is 0.00000208. The van der Waals surface area contributed by atoms with Crippen LogP contribution < -0.4 is 10.6 Å². The lowest BCUT2D eigenvalue weighted by Gasteiger charge is -2.32. The van der Waals surface area contributed by atoms with Gasteiger partial charge in [-0.15, -0.1) is 12.4 Å². The van der Waals surface area contributed by atoms with Gasteiger partial charge < -0.3 is 15.2 Å². The molecule has 0 aliphatic carbocycles. The van der Waals surface area contributed by atoms with Gasteiger partial charge in [-0.1, -0.05) is 28.0 Å². The molecule has 2 aromatic rings. The molecule has 6 nitrogen and oxygen atoms in total. The molecule has 1 aliphatic rings. The molecule has 1 fully saturated rings. The summed E-state index contributed by atoms with van der Waals surface area (Å²) in [6, 6.07) is 7.35. The fourth-order valence-electron chi connectivity index (χ4n) is 2.41. The van der Waals surface area contributed by atoms with Crippen LogP contribution >= 0.6 is 28.3 Å². The molecule has 0 saturated carbocycles. The molecule has 3 rings (SSSR count). The maximum atomic E-state index is 12.2. The Morgan fingerprint density at radius 1 is 1.33 bits per heavy atom. The van der Waals surface area contributed by atoms with Crippen LogP contribution in [-0.4, -0.2) is 29.1 Å². The minimum Gasteiger partial charge on any atom is -0.344 e. The van der Waals surface area contributed by atoms with E-state index in [1.54, 1.807) is 0 Å². The zero-order valence-corrected chi connectivity index (χ0v) is 15.9. The van der Waals surface area contributed by atoms with Crippen molar-refractivity contribution in [1.82, 2.24) is 20.8 Å². The molecule has 8 heteroatoms. The standard InChI is InChI=1S/C16H19BrN4O2.ClH/c1-9(12-7-18-8-12)15(22)19-10(2)16-20-14(21-23-16)11-3-5-13(17)6-4-11;/h3-6,9-10,12,18H,7-8H2,1-2H3,(H,19,22);1H. The lowest BCUT2D eigenvalue weighted by atomic mass is 9.88. The van der Waals surface area contributed by atoms with Crippen molar-refractivity contribution in [2.45, 2.75) is 19.9 Å². The van der Waals surface area contributed by atoms with Gasteiger partial charge in [-0.25, -0.2) is 0 Å². The Morgan fingerprint density at radius 2 is 2.00 bits per heavy atom. The fraction of sp³-hybridized carbons (Fsp3) is 0.438. The molecule has 2 unspecified atom stereocenters. The minimum atomic E-state index is -0.310. The average molecular weight is 416 g/mol. The monoisotopic (exact) mass is 414 g/mol. The number of hydrogen-bond donors (Lipinski definition) is 2. The predicted octanol–water partition coefficient (Wildman–Crippen LogP) is 2.95. The van der Waals surface area contributed by atoms with Crippen molar-refractivity contribution in [2.24, 2.45) is 11.8 Å². The normalized spacial score (nSPS) is 16.6. The molecule has 1 amide bonds. The molecule has 0 spiro atoms. The fourth-order valence-corrected chi connectivity index (χ4v) is 2.68. The van der Waals surface area contributed by atoms with E-state index in [1.165, 1.54) is 0 Å². The van der Waals surface area contributed by atoms with Gasteiger partial charge in [0.15, 0.2) is 0 Å². The molecule has 2 atom stereocenters. The summed E-state index contributed by atoms with van der Waals surface area (Å²) in [5, 5.41) is 10.1. The summed E-state index contributed by atoms with van der Waals surface area (Å²) >= 11 is 3.39. The number of nitrogens with zero attached hydrogens (tertiary/aromatic N) is 2. The number of carbonyl (C=O) groups excluding carboxylic acids is 1. The summed E-state index contributed by atoms with van der Waals surface area (Å²) in [5.74, 6) is 1.34. The number of nitrogens with one attached hydrogen (secondary N) is 2. The van der Waals surface area contributed by atoms with Crippen molar-refractivity contribution in [3.63, 3.8) is 0 Å². The van der Waals surface area contributed by atoms with Crippen molar-refractivity contribution in [1.29, 1.82) is 0 Å². The number of hydrogen-bond acceptors (Lipinski definition) is 5. The molecule has 24 heavy (non-hydrogen) atoms. The van der Waals surface area contributed by atoms with Gasteiger partial charge in [0, 0.05) is 16.0 Å². The van der Waals surface area contributed by atoms with E-state index in [0.29, 0.717) is 17.6 Å². The molecule has 1 aliphatic heterocycles. The van der Waals surface area contributed by atoms with Crippen LogP contribution in [0.1, 0.15) is 25.8 Å². The Bertz CT molecular complexity index is 688. The molecule has 1 aromatic heterocycles. The third-order valence-electron chi connectivity index (χ3n) is 4.21. The first-order valence-electron chi connectivity index (χ1n) is 7.65. The second kappa shape index (κ2) is 8.09. The Morgan fingerprint density at radius 3 is 2.58 bits per heavy atom. The van der Waals surface area contributed by atoms with Gasteiger partial charge in [-0.3, -0.25) is 4.79 Å². The summed E-state index contributed by atoms with van der Waals surface area (Å²) in [4.78, 5) is 16.6. The second-order valence-electron chi connectivity index (χ2n) is 5.90. The molecule has 2 N–H and O–H groups in total. The van der Waals surface area contributed by atoms with E-state index in [1.807, 2.05) is 38.1 Å². The second-order valence-corrected chi connectivity index (χ2v) is 6.82. The SMILES string of the molecule is CC(NC(=O)C(C)C1CNC1)c1nc(-c2ccc(Br)cc2)no1.Cl. The van der Waals surface area contributed by atoms with Crippen molar-refractivity contribution in [3.05, 3.63) is 34.6 Å². The summed E-state index contributed by atoms with van der Waals surface area (Å²) < 4.78 is 6.28. The lowest BCUT2D eigenvalue weighted by Crippen LogP contribution is -2.49. The van der Waals surface area contributed by atoms with E-state index in [2.05, 4.69) is 36.7 Å². The van der Waals surface area contributed by atoms with Crippen LogP contribution in [0.2, 0.25) is 0 Å². The highest BCUT2D eigenvalue weighted by Crippen LogP contribution is 2.22. The van der Waals surface area contributed by atoms with E-state index < -0.39 is 0 Å². The highest BCUT2D eigenvalue weighted by Gasteiger charge is 2.30. The highest BCUT2D eigenvalue weighted by molar-refractivity contribution is 9.10. The molecule has 130 valence electrons. The van der Waals surface area contributed by atoms with E-state index >= 15 is 0 Å². The first kappa shape index (κ1) is 18.9. The molecule has 1 saturated heterocycles. The van der Waals surface area contributed by atoms with Crippen molar-refractivity contribution in [2.75, 3.05) is 13.1 Å². The smallest absolute Gasteiger partial charge is 0.249 e. The Labute approximate surface area is 155 Å². The van der Waals surface area contributed by atoms with Gasteiger partial charge in [0.2, 0.25) is 17.6 Å². The van der Waals surface area contributed by atoms with Crippen LogP contribution in [0, 0.1) is 11.8 Å². The number of amides is 1. The van der Waals surface area contributed by atoms with Gasteiger partial charge in [0.05, 0.1) is 0 Å². The van der Waals surface area contributed by atoms with Crippen molar-refractivity contribution >= 4 is 34.2 Å². The molecule has 0 bridgehead atoms. The third-order valence-corrected chi connectivity index (χ3v) is 4.74. The average Bonchev–Trinajstić information content (AvgIpc) is 2.96. The molecule has 1 aromatic carbocycles. The van der Waals surface area contributed by atoms with Crippen LogP contribution in [-0.2, 0) is 4.79 Å². The highest BCUT2D eigenvalue weighted by atomic mass is 79.9. The number of carbonyl (C=O) groups is 1. The zero-order chi connectivity index (χ0) is 16.4. The summed E-state index contributed by atoms with van der Waals surface area (Å²) in [6.45, 7) is 5.60. The number of benzene rings is 1. The summed E-state index contributed by atoms with van der Waals surface area (Å²) in [6.07, 6.45) is 0. The van der Waals surface area contributed by atoms with E-state index in [4.69, 9.17) is 4.52 Å². The Hall–Kier alpha value is -1.44. The lowest BCUT2D eigenvalue weighted by molar-refractivity contribution is -0.127. The quantitative estimate of drug-likeness (QED) is 0.785. The van der Waals surface area contributed by atoms with Crippen LogP contribution in [0.25, 0.3) is 11.4 Å². The van der Waals surface area contributed by atoms with E-state index in [9.17, 15) is 4.79 Å². The van der Waals surface area contributed by atoms with Gasteiger partial charge in [0.1, 0.15) is 6.04 Å². The van der Waals surface area contributed by atoms with Crippen molar-refractivity contribution in [3.8, 4) is 11.4 Å². The van der Waals surface area contributed by atoms with Crippen molar-refractivity contribution < 1.29 is 9.32 Å². The van der Waals surface area contributed by atoms with Crippen LogP contribution in [0.3, 0.4) is 0 Å². The molecular formula is C16H20BrClN4O2. The number of rotatable bonds is 5. The Kier molecular flexibility index (Phi) is 6.37. The maximum absolute atomic E-state index is 12.2. The number of aromatic nitrogens is 2. The third kappa shape index (κ3) is 4.15. The number of halogens is 2. The molecular weight excluding hydrogens is 396 g/mol. The summed E-state index contributed by atoms with van der Waals surface area (Å²) in [5.41, 5.74) is 0.871. The summed E-state index contributed by atoms with van der Waals surface area (Å²) in [7, 11) is 0. The van der Waals surface area contributed by atoms with Gasteiger partial charge in [-0.05, 0) is 50.2 Å². The van der Waals surface area contributed by atoms with Gasteiger partial charge in [-0.2, -0.15) is 4.98 Å². The zero-order valence-electron chi connectivity index (χ0n) is 13.5. The predicted molar refractivity (Wildman–Crippen MR) is 96.8 cm³/mol. The topological polar surface area (TPSA) is 80.0 Å². The molecule has 0 radical (unpaired) electrons. The van der Waals surface area contributed by atoms with Gasteiger partial charge in [0.25, 0.3) is 0 Å². The van der Waals surface area contributed by atoms with E-state index in [-0.39, 0.29) is 30.3 Å². The largest absolute Gasteiger partial charge is 0.344 e. The first-order valence-corrected chi connectivity index (χ1v) is 8.44. The maximum Gasteiger partial charge on any atom is 0.249 e. The van der Waals surface area contributed by atoms with Crippen LogP contribution in [0.15, 0.2) is 33.3 Å². The molecule has 2 heterocycles. The van der Waals surface area contributed by atoms with E-state index in [0.717, 1.165) is 23.1 Å². The van der Waals surface area contributed by atoms with Crippen LogP contribution in [0.4, 0.5) is 0 Å². The minimum absolute atomic E-state index is 0. The van der Waals surface area contributed by atoms with Gasteiger partial charge >= 0.3 is 0 Å².